The van der Waals surface area contributed by atoms with Crippen molar-refractivity contribution in [1.29, 1.82) is 0 Å². The van der Waals surface area contributed by atoms with Crippen molar-refractivity contribution in [2.45, 2.75) is 50.5 Å². The second kappa shape index (κ2) is 11.8. The van der Waals surface area contributed by atoms with E-state index in [2.05, 4.69) is 0 Å². The Morgan fingerprint density at radius 3 is 2.72 bits per heavy atom. The van der Waals surface area contributed by atoms with Gasteiger partial charge in [0.05, 0.1) is 11.7 Å². The lowest BCUT2D eigenvalue weighted by molar-refractivity contribution is -0.138. The Balaban J connectivity index is 1.88. The zero-order chi connectivity index (χ0) is 23.7. The first-order valence-corrected chi connectivity index (χ1v) is 10.3. The number of carbonyl (C=O) groups excluding carboxylic acids is 1. The van der Waals surface area contributed by atoms with Gasteiger partial charge in [-0.25, -0.2) is 0 Å². The lowest BCUT2D eigenvalue weighted by atomic mass is 9.90. The number of hydrogen-bond donors (Lipinski definition) is 3. The van der Waals surface area contributed by atoms with Crippen LogP contribution in [0.15, 0.2) is 48.6 Å². The van der Waals surface area contributed by atoms with Crippen molar-refractivity contribution in [2.24, 2.45) is 11.8 Å². The Kier molecular flexibility index (Phi) is 9.46. The summed E-state index contributed by atoms with van der Waals surface area (Å²) in [5.41, 5.74) is -0.855. The minimum Gasteiger partial charge on any atom is -0.491 e. The SMILES string of the molecule is O=C(O)CCC/C=C/C[C@H]1C(=O)C[C@@H](O)[C@@H]1/C=C/[C@@H](O)COc1cccc(C(F)(F)F)c1. The van der Waals surface area contributed by atoms with Crippen molar-refractivity contribution >= 4 is 11.8 Å². The van der Waals surface area contributed by atoms with Crippen LogP contribution in [0.2, 0.25) is 0 Å². The second-order valence-electron chi connectivity index (χ2n) is 7.70. The molecule has 32 heavy (non-hydrogen) atoms. The molecule has 1 aromatic carbocycles. The molecular weight excluding hydrogens is 429 g/mol. The molecule has 3 N–H and O–H groups in total. The summed E-state index contributed by atoms with van der Waals surface area (Å²) in [5, 5.41) is 28.9. The highest BCUT2D eigenvalue weighted by Crippen LogP contribution is 2.34. The number of aliphatic carboxylic acids is 1. The molecule has 0 radical (unpaired) electrons. The average Bonchev–Trinajstić information content (AvgIpc) is 2.99. The van der Waals surface area contributed by atoms with E-state index >= 15 is 0 Å². The van der Waals surface area contributed by atoms with Crippen LogP contribution in [0.25, 0.3) is 0 Å². The third-order valence-electron chi connectivity index (χ3n) is 5.19. The number of rotatable bonds is 11. The summed E-state index contributed by atoms with van der Waals surface area (Å²) >= 11 is 0. The van der Waals surface area contributed by atoms with E-state index in [1.165, 1.54) is 18.2 Å². The quantitative estimate of drug-likeness (QED) is 0.346. The molecule has 1 aromatic rings. The van der Waals surface area contributed by atoms with Crippen molar-refractivity contribution in [2.75, 3.05) is 6.61 Å². The van der Waals surface area contributed by atoms with Gasteiger partial charge in [0.25, 0.3) is 0 Å². The van der Waals surface area contributed by atoms with Gasteiger partial charge in [0.15, 0.2) is 0 Å². The molecular formula is C23H27F3O6. The average molecular weight is 456 g/mol. The van der Waals surface area contributed by atoms with Gasteiger partial charge in [0.2, 0.25) is 0 Å². The Morgan fingerprint density at radius 2 is 2.03 bits per heavy atom. The molecule has 1 aliphatic carbocycles. The number of alkyl halides is 3. The van der Waals surface area contributed by atoms with Gasteiger partial charge in [0, 0.05) is 24.7 Å². The van der Waals surface area contributed by atoms with Crippen LogP contribution in [0, 0.1) is 11.8 Å². The van der Waals surface area contributed by atoms with Crippen LogP contribution < -0.4 is 4.74 Å². The van der Waals surface area contributed by atoms with E-state index in [1.54, 1.807) is 18.2 Å². The Hall–Kier alpha value is -2.65. The van der Waals surface area contributed by atoms with Crippen molar-refractivity contribution in [3.63, 3.8) is 0 Å². The molecule has 0 bridgehead atoms. The van der Waals surface area contributed by atoms with E-state index in [0.29, 0.717) is 19.3 Å². The molecule has 0 aliphatic heterocycles. The first-order valence-electron chi connectivity index (χ1n) is 10.3. The summed E-state index contributed by atoms with van der Waals surface area (Å²) in [6.45, 7) is -0.289. The van der Waals surface area contributed by atoms with E-state index in [1.807, 2.05) is 0 Å². The van der Waals surface area contributed by atoms with E-state index in [4.69, 9.17) is 9.84 Å². The number of unbranched alkanes of at least 4 members (excludes halogenated alkanes) is 1. The number of ether oxygens (including phenoxy) is 1. The Bertz CT molecular complexity index is 833. The molecule has 1 fully saturated rings. The largest absolute Gasteiger partial charge is 0.491 e. The lowest BCUT2D eigenvalue weighted by Gasteiger charge is -2.17. The van der Waals surface area contributed by atoms with Crippen LogP contribution in [-0.2, 0) is 15.8 Å². The summed E-state index contributed by atoms with van der Waals surface area (Å²) in [6, 6.07) is 4.32. The van der Waals surface area contributed by atoms with E-state index < -0.39 is 41.8 Å². The van der Waals surface area contributed by atoms with Crippen molar-refractivity contribution in [1.82, 2.24) is 0 Å². The monoisotopic (exact) mass is 456 g/mol. The van der Waals surface area contributed by atoms with Crippen LogP contribution in [-0.4, -0.2) is 45.9 Å². The number of carbonyl (C=O) groups is 2. The van der Waals surface area contributed by atoms with Crippen LogP contribution in [0.3, 0.4) is 0 Å². The smallest absolute Gasteiger partial charge is 0.416 e. The van der Waals surface area contributed by atoms with E-state index in [-0.39, 0.29) is 31.0 Å². The van der Waals surface area contributed by atoms with E-state index in [0.717, 1.165) is 12.1 Å². The summed E-state index contributed by atoms with van der Waals surface area (Å²) in [7, 11) is 0. The molecule has 4 atom stereocenters. The van der Waals surface area contributed by atoms with Gasteiger partial charge in [0.1, 0.15) is 24.2 Å². The fraction of sp³-hybridized carbons (Fsp3) is 0.478. The lowest BCUT2D eigenvalue weighted by Crippen LogP contribution is -2.20. The van der Waals surface area contributed by atoms with Gasteiger partial charge < -0.3 is 20.1 Å². The third kappa shape index (κ3) is 8.12. The van der Waals surface area contributed by atoms with Gasteiger partial charge in [-0.1, -0.05) is 30.4 Å². The Morgan fingerprint density at radius 1 is 1.28 bits per heavy atom. The molecule has 176 valence electrons. The molecule has 0 saturated heterocycles. The van der Waals surface area contributed by atoms with Crippen LogP contribution in [0.4, 0.5) is 13.2 Å². The maximum absolute atomic E-state index is 12.8. The fourth-order valence-electron chi connectivity index (χ4n) is 3.52. The molecule has 0 heterocycles. The Labute approximate surface area is 184 Å². The molecule has 0 unspecified atom stereocenters. The van der Waals surface area contributed by atoms with Crippen LogP contribution >= 0.6 is 0 Å². The number of Topliss-reactive ketones (excluding diaryl/α,β-unsaturated/α-hetero) is 1. The second-order valence-corrected chi connectivity index (χ2v) is 7.70. The predicted molar refractivity (Wildman–Crippen MR) is 110 cm³/mol. The molecule has 9 heteroatoms. The minimum absolute atomic E-state index is 0.00333. The zero-order valence-corrected chi connectivity index (χ0v) is 17.4. The summed E-state index contributed by atoms with van der Waals surface area (Å²) in [4.78, 5) is 22.7. The number of aliphatic hydroxyl groups is 2. The van der Waals surface area contributed by atoms with Crippen LogP contribution in [0.1, 0.15) is 37.7 Å². The molecule has 1 saturated carbocycles. The maximum atomic E-state index is 12.8. The number of allylic oxidation sites excluding steroid dienone is 2. The summed E-state index contributed by atoms with van der Waals surface area (Å²) in [5.74, 6) is -1.97. The number of aliphatic hydroxyl groups excluding tert-OH is 2. The molecule has 0 aromatic heterocycles. The molecule has 0 spiro atoms. The first-order chi connectivity index (χ1) is 15.1. The van der Waals surface area contributed by atoms with E-state index in [9.17, 15) is 33.0 Å². The van der Waals surface area contributed by atoms with Crippen molar-refractivity contribution < 1.29 is 42.8 Å². The van der Waals surface area contributed by atoms with Gasteiger partial charge in [-0.3, -0.25) is 9.59 Å². The number of carboxylic acids is 1. The molecule has 0 amide bonds. The maximum Gasteiger partial charge on any atom is 0.416 e. The number of hydrogen-bond acceptors (Lipinski definition) is 5. The molecule has 6 nitrogen and oxygen atoms in total. The number of carboxylic acid groups (broad SMARTS) is 1. The zero-order valence-electron chi connectivity index (χ0n) is 17.4. The summed E-state index contributed by atoms with van der Waals surface area (Å²) in [6.07, 6.45) is 1.49. The molecule has 2 rings (SSSR count). The standard InChI is InChI=1S/C23H27F3O6/c24-23(25,26)15-6-5-7-17(12-15)32-14-16(27)10-11-19-18(20(28)13-21(19)29)8-3-1-2-4-9-22(30)31/h1,3,5-7,10-12,16,18-19,21,27,29H,2,4,8-9,13-14H2,(H,30,31)/b3-1+,11-10+/t16-,18-,19-,21-/m1/s1. The third-order valence-corrected chi connectivity index (χ3v) is 5.19. The fourth-order valence-corrected chi connectivity index (χ4v) is 3.52. The highest BCUT2D eigenvalue weighted by molar-refractivity contribution is 5.84. The number of halogens is 3. The van der Waals surface area contributed by atoms with Crippen LogP contribution in [0.5, 0.6) is 5.75 Å². The molecule has 1 aliphatic rings. The van der Waals surface area contributed by atoms with Crippen molar-refractivity contribution in [3.05, 3.63) is 54.1 Å². The summed E-state index contributed by atoms with van der Waals surface area (Å²) < 4.78 is 43.5. The highest BCUT2D eigenvalue weighted by atomic mass is 19.4. The van der Waals surface area contributed by atoms with Gasteiger partial charge in [-0.05, 0) is 37.5 Å². The highest BCUT2D eigenvalue weighted by Gasteiger charge is 2.39. The predicted octanol–water partition coefficient (Wildman–Crippen LogP) is 3.77. The number of benzene rings is 1. The minimum atomic E-state index is -4.50. The normalized spacial score (nSPS) is 22.7. The van der Waals surface area contributed by atoms with Gasteiger partial charge >= 0.3 is 12.1 Å². The topological polar surface area (TPSA) is 104 Å². The first kappa shape index (κ1) is 25.6. The van der Waals surface area contributed by atoms with Gasteiger partial charge in [-0.2, -0.15) is 13.2 Å². The van der Waals surface area contributed by atoms with Crippen molar-refractivity contribution in [3.8, 4) is 5.75 Å². The van der Waals surface area contributed by atoms with Gasteiger partial charge in [-0.15, -0.1) is 0 Å². The number of ketones is 1.